The molecule has 1 heterocycles. The number of hydrogen-bond donors (Lipinski definition) is 1. The summed E-state index contributed by atoms with van der Waals surface area (Å²) in [6, 6.07) is 10.6. The van der Waals surface area contributed by atoms with E-state index < -0.39 is 11.5 Å². The highest BCUT2D eigenvalue weighted by Crippen LogP contribution is 2.37. The second-order valence-electron chi connectivity index (χ2n) is 7.16. The SMILES string of the molecule is [C-]#[N+]c1ccc(C[C@@H](c2nnc(-c3ccc(Cl)cc3)o2)C(C)(C)O)c(C)c1Cl. The summed E-state index contributed by atoms with van der Waals surface area (Å²) in [4.78, 5) is 3.42. The van der Waals surface area contributed by atoms with Crippen LogP contribution in [-0.2, 0) is 6.42 Å². The van der Waals surface area contributed by atoms with Crippen LogP contribution >= 0.6 is 23.2 Å². The Labute approximate surface area is 173 Å². The van der Waals surface area contributed by atoms with Gasteiger partial charge in [-0.3, -0.25) is 0 Å². The first-order chi connectivity index (χ1) is 13.2. The third-order valence-electron chi connectivity index (χ3n) is 4.71. The summed E-state index contributed by atoms with van der Waals surface area (Å²) >= 11 is 12.2. The zero-order chi connectivity index (χ0) is 20.5. The Balaban J connectivity index is 1.96. The highest BCUT2D eigenvalue weighted by Gasteiger charge is 2.34. The Morgan fingerprint density at radius 2 is 1.82 bits per heavy atom. The molecule has 0 aliphatic heterocycles. The van der Waals surface area contributed by atoms with E-state index >= 15 is 0 Å². The van der Waals surface area contributed by atoms with Gasteiger partial charge in [0.2, 0.25) is 17.5 Å². The average Bonchev–Trinajstić information content (AvgIpc) is 3.12. The molecule has 0 radical (unpaired) electrons. The van der Waals surface area contributed by atoms with Crippen LogP contribution in [0.1, 0.15) is 36.8 Å². The molecule has 144 valence electrons. The summed E-state index contributed by atoms with van der Waals surface area (Å²) in [5, 5.41) is 20.1. The van der Waals surface area contributed by atoms with Gasteiger partial charge in [-0.25, -0.2) is 4.85 Å². The zero-order valence-electron chi connectivity index (χ0n) is 15.7. The predicted octanol–water partition coefficient (Wildman–Crippen LogP) is 6.00. The van der Waals surface area contributed by atoms with Gasteiger partial charge in [0.05, 0.1) is 23.1 Å². The van der Waals surface area contributed by atoms with Crippen molar-refractivity contribution in [2.45, 2.75) is 38.7 Å². The molecule has 5 nitrogen and oxygen atoms in total. The molecule has 0 unspecified atom stereocenters. The van der Waals surface area contributed by atoms with Crippen LogP contribution in [0.2, 0.25) is 10.0 Å². The standard InChI is InChI=1S/C21H19Cl2N3O2/c1-12-14(7-10-17(24-4)18(12)23)11-16(21(2,3)27)20-26-25-19(28-20)13-5-8-15(22)9-6-13/h5-10,16,27H,11H2,1-3H3/t16-/m0/s1. The maximum Gasteiger partial charge on any atom is 0.247 e. The average molecular weight is 416 g/mol. The van der Waals surface area contributed by atoms with E-state index in [4.69, 9.17) is 34.2 Å². The number of hydrogen-bond acceptors (Lipinski definition) is 4. The van der Waals surface area contributed by atoms with Gasteiger partial charge in [-0.2, -0.15) is 0 Å². The van der Waals surface area contributed by atoms with Gasteiger partial charge in [0.25, 0.3) is 0 Å². The van der Waals surface area contributed by atoms with Crippen molar-refractivity contribution in [3.05, 3.63) is 74.9 Å². The highest BCUT2D eigenvalue weighted by molar-refractivity contribution is 6.34. The van der Waals surface area contributed by atoms with Gasteiger partial charge in [-0.15, -0.1) is 10.2 Å². The lowest BCUT2D eigenvalue weighted by Crippen LogP contribution is -2.31. The van der Waals surface area contributed by atoms with E-state index in [2.05, 4.69) is 15.0 Å². The van der Waals surface area contributed by atoms with Crippen LogP contribution in [0.4, 0.5) is 5.69 Å². The third-order valence-corrected chi connectivity index (χ3v) is 5.43. The van der Waals surface area contributed by atoms with Crippen molar-refractivity contribution in [1.82, 2.24) is 10.2 Å². The Hall–Kier alpha value is -2.39. The summed E-state index contributed by atoms with van der Waals surface area (Å²) in [5.74, 6) is 0.246. The number of rotatable bonds is 5. The van der Waals surface area contributed by atoms with Crippen molar-refractivity contribution in [3.8, 4) is 11.5 Å². The molecular formula is C21H19Cl2N3O2. The molecule has 0 amide bonds. The number of aromatic nitrogens is 2. The van der Waals surface area contributed by atoms with Crippen molar-refractivity contribution in [3.63, 3.8) is 0 Å². The third kappa shape index (κ3) is 4.20. The van der Waals surface area contributed by atoms with Crippen LogP contribution in [0.25, 0.3) is 16.3 Å². The number of benzene rings is 2. The molecule has 28 heavy (non-hydrogen) atoms. The largest absolute Gasteiger partial charge is 0.420 e. The molecule has 3 rings (SSSR count). The molecule has 0 saturated carbocycles. The minimum absolute atomic E-state index is 0.335. The van der Waals surface area contributed by atoms with Gasteiger partial charge in [0, 0.05) is 10.6 Å². The Morgan fingerprint density at radius 3 is 2.43 bits per heavy atom. The molecule has 1 aromatic heterocycles. The lowest BCUT2D eigenvalue weighted by atomic mass is 9.84. The van der Waals surface area contributed by atoms with Crippen molar-refractivity contribution < 1.29 is 9.52 Å². The molecule has 1 atom stereocenters. The van der Waals surface area contributed by atoms with Gasteiger partial charge in [-0.05, 0) is 62.6 Å². The monoisotopic (exact) mass is 415 g/mol. The van der Waals surface area contributed by atoms with Crippen molar-refractivity contribution in [2.24, 2.45) is 0 Å². The normalized spacial score (nSPS) is 12.6. The fraction of sp³-hybridized carbons (Fsp3) is 0.286. The van der Waals surface area contributed by atoms with Crippen LogP contribution in [0.3, 0.4) is 0 Å². The van der Waals surface area contributed by atoms with Gasteiger partial charge >= 0.3 is 0 Å². The Morgan fingerprint density at radius 1 is 1.14 bits per heavy atom. The molecule has 0 fully saturated rings. The van der Waals surface area contributed by atoms with Crippen LogP contribution in [0, 0.1) is 13.5 Å². The van der Waals surface area contributed by atoms with Gasteiger partial charge in [0.15, 0.2) is 0 Å². The molecule has 0 aliphatic carbocycles. The molecule has 0 bridgehead atoms. The Bertz CT molecular complexity index is 1030. The van der Waals surface area contributed by atoms with E-state index in [1.54, 1.807) is 44.2 Å². The van der Waals surface area contributed by atoms with Crippen molar-refractivity contribution in [1.29, 1.82) is 0 Å². The maximum atomic E-state index is 10.7. The second-order valence-corrected chi connectivity index (χ2v) is 7.97. The maximum absolute atomic E-state index is 10.7. The topological polar surface area (TPSA) is 63.5 Å². The van der Waals surface area contributed by atoms with Crippen molar-refractivity contribution in [2.75, 3.05) is 0 Å². The number of aliphatic hydroxyl groups is 1. The van der Waals surface area contributed by atoms with E-state index in [-0.39, 0.29) is 0 Å². The van der Waals surface area contributed by atoms with E-state index in [9.17, 15) is 5.11 Å². The van der Waals surface area contributed by atoms with Crippen LogP contribution in [-0.4, -0.2) is 20.9 Å². The van der Waals surface area contributed by atoms with E-state index in [1.807, 2.05) is 13.0 Å². The van der Waals surface area contributed by atoms with Crippen LogP contribution in [0.5, 0.6) is 0 Å². The fourth-order valence-corrected chi connectivity index (χ4v) is 3.31. The van der Waals surface area contributed by atoms with E-state index in [1.165, 1.54) is 0 Å². The summed E-state index contributed by atoms with van der Waals surface area (Å²) in [5.41, 5.74) is 1.77. The lowest BCUT2D eigenvalue weighted by Gasteiger charge is -2.27. The molecule has 2 aromatic carbocycles. The molecule has 7 heteroatoms. The van der Waals surface area contributed by atoms with E-state index in [0.29, 0.717) is 33.9 Å². The van der Waals surface area contributed by atoms with Gasteiger partial charge in [-0.1, -0.05) is 35.3 Å². The van der Waals surface area contributed by atoms with Gasteiger partial charge in [0.1, 0.15) is 0 Å². The van der Waals surface area contributed by atoms with Gasteiger partial charge < -0.3 is 9.52 Å². The summed E-state index contributed by atoms with van der Waals surface area (Å²) in [6.45, 7) is 12.5. The lowest BCUT2D eigenvalue weighted by molar-refractivity contribution is 0.0403. The molecule has 0 spiro atoms. The summed E-state index contributed by atoms with van der Waals surface area (Å²) in [7, 11) is 0. The molecule has 3 aromatic rings. The molecule has 1 N–H and O–H groups in total. The van der Waals surface area contributed by atoms with Crippen LogP contribution < -0.4 is 0 Å². The quantitative estimate of drug-likeness (QED) is 0.518. The predicted molar refractivity (Wildman–Crippen MR) is 110 cm³/mol. The number of nitrogens with zero attached hydrogens (tertiary/aromatic N) is 3. The van der Waals surface area contributed by atoms with Crippen molar-refractivity contribution >= 4 is 28.9 Å². The zero-order valence-corrected chi connectivity index (χ0v) is 17.2. The molecular weight excluding hydrogens is 397 g/mol. The van der Waals surface area contributed by atoms with Crippen LogP contribution in [0.15, 0.2) is 40.8 Å². The minimum atomic E-state index is -1.11. The second kappa shape index (κ2) is 7.92. The first-order valence-electron chi connectivity index (χ1n) is 8.68. The highest BCUT2D eigenvalue weighted by atomic mass is 35.5. The first-order valence-corrected chi connectivity index (χ1v) is 9.43. The molecule has 0 saturated heterocycles. The minimum Gasteiger partial charge on any atom is -0.420 e. The summed E-state index contributed by atoms with van der Waals surface area (Å²) in [6.07, 6.45) is 0.440. The summed E-state index contributed by atoms with van der Waals surface area (Å²) < 4.78 is 5.88. The smallest absolute Gasteiger partial charge is 0.247 e. The first kappa shape index (κ1) is 20.3. The van der Waals surface area contributed by atoms with E-state index in [0.717, 1.165) is 16.7 Å². The molecule has 0 aliphatic rings. The number of halogens is 2. The Kier molecular flexibility index (Phi) is 5.76. The fourth-order valence-electron chi connectivity index (χ4n) is 2.96.